The first-order valence-electron chi connectivity index (χ1n) is 8.85. The van der Waals surface area contributed by atoms with E-state index in [2.05, 4.69) is 37.4 Å². The Kier molecular flexibility index (Phi) is 4.51. The zero-order valence-electron chi connectivity index (χ0n) is 15.4. The lowest BCUT2D eigenvalue weighted by Crippen LogP contribution is -2.39. The monoisotopic (exact) mass is 445 g/mol. The number of carboxylic acid groups (broad SMARTS) is 1. The van der Waals surface area contributed by atoms with Gasteiger partial charge in [-0.1, -0.05) is 15.9 Å². The number of nitrogens with two attached hydrogens (primary N) is 1. The second-order valence-corrected chi connectivity index (χ2v) is 8.14. The first-order valence-corrected chi connectivity index (χ1v) is 9.64. The third-order valence-electron chi connectivity index (χ3n) is 4.93. The second kappa shape index (κ2) is 6.75. The SMILES string of the molecule is CC(Nc1ccn2ncc(C(=O)O)c2n1)c1cc(Br)cc2c1OC(C)(CN)C2. The zero-order valence-corrected chi connectivity index (χ0v) is 17.0. The quantitative estimate of drug-likeness (QED) is 0.552. The lowest BCUT2D eigenvalue weighted by molar-refractivity contribution is 0.0698. The highest BCUT2D eigenvalue weighted by Crippen LogP contribution is 2.42. The number of anilines is 1. The van der Waals surface area contributed by atoms with E-state index < -0.39 is 11.6 Å². The van der Waals surface area contributed by atoms with Crippen LogP contribution < -0.4 is 15.8 Å². The van der Waals surface area contributed by atoms with Crippen molar-refractivity contribution < 1.29 is 14.6 Å². The molecule has 0 radical (unpaired) electrons. The number of aromatic carboxylic acids is 1. The van der Waals surface area contributed by atoms with Gasteiger partial charge in [-0.3, -0.25) is 0 Å². The summed E-state index contributed by atoms with van der Waals surface area (Å²) in [6.45, 7) is 4.44. The van der Waals surface area contributed by atoms with E-state index in [0.717, 1.165) is 27.8 Å². The van der Waals surface area contributed by atoms with Crippen molar-refractivity contribution in [3.8, 4) is 5.75 Å². The molecule has 0 amide bonds. The predicted molar refractivity (Wildman–Crippen MR) is 108 cm³/mol. The zero-order chi connectivity index (χ0) is 20.1. The summed E-state index contributed by atoms with van der Waals surface area (Å²) >= 11 is 3.57. The van der Waals surface area contributed by atoms with Crippen LogP contribution in [0.1, 0.15) is 41.4 Å². The van der Waals surface area contributed by atoms with Gasteiger partial charge < -0.3 is 20.9 Å². The number of carboxylic acids is 1. The smallest absolute Gasteiger partial charge is 0.341 e. The number of hydrogen-bond donors (Lipinski definition) is 3. The van der Waals surface area contributed by atoms with E-state index in [4.69, 9.17) is 10.5 Å². The maximum Gasteiger partial charge on any atom is 0.341 e. The van der Waals surface area contributed by atoms with Crippen molar-refractivity contribution in [3.63, 3.8) is 0 Å². The third kappa shape index (κ3) is 3.20. The van der Waals surface area contributed by atoms with Gasteiger partial charge in [0, 0.05) is 29.2 Å². The van der Waals surface area contributed by atoms with Crippen molar-refractivity contribution in [2.24, 2.45) is 5.73 Å². The lowest BCUT2D eigenvalue weighted by Gasteiger charge is -2.23. The molecular weight excluding hydrogens is 426 g/mol. The molecule has 4 rings (SSSR count). The molecule has 146 valence electrons. The molecule has 0 bridgehead atoms. The van der Waals surface area contributed by atoms with Crippen LogP contribution in [0.5, 0.6) is 5.75 Å². The van der Waals surface area contributed by atoms with Crippen molar-refractivity contribution >= 4 is 33.4 Å². The fourth-order valence-electron chi connectivity index (χ4n) is 3.45. The number of carbonyl (C=O) groups is 1. The lowest BCUT2D eigenvalue weighted by atomic mass is 9.97. The highest BCUT2D eigenvalue weighted by atomic mass is 79.9. The van der Waals surface area contributed by atoms with Gasteiger partial charge >= 0.3 is 5.97 Å². The Bertz CT molecular complexity index is 1080. The van der Waals surface area contributed by atoms with Crippen molar-refractivity contribution in [3.05, 3.63) is 51.8 Å². The molecule has 0 fully saturated rings. The Morgan fingerprint density at radius 2 is 2.32 bits per heavy atom. The minimum Gasteiger partial charge on any atom is -0.485 e. The normalized spacial score (nSPS) is 19.3. The van der Waals surface area contributed by atoms with Gasteiger partial charge in [-0.15, -0.1) is 0 Å². The first-order chi connectivity index (χ1) is 13.3. The van der Waals surface area contributed by atoms with Crippen LogP contribution in [0.3, 0.4) is 0 Å². The molecule has 8 nitrogen and oxygen atoms in total. The summed E-state index contributed by atoms with van der Waals surface area (Å²) < 4.78 is 8.60. The van der Waals surface area contributed by atoms with Crippen LogP contribution in [-0.4, -0.2) is 37.8 Å². The maximum absolute atomic E-state index is 11.3. The summed E-state index contributed by atoms with van der Waals surface area (Å²) in [6, 6.07) is 5.70. The summed E-state index contributed by atoms with van der Waals surface area (Å²) in [5.41, 5.74) is 7.92. The van der Waals surface area contributed by atoms with Crippen LogP contribution in [0.2, 0.25) is 0 Å². The molecule has 28 heavy (non-hydrogen) atoms. The van der Waals surface area contributed by atoms with E-state index in [1.54, 1.807) is 12.3 Å². The van der Waals surface area contributed by atoms with Crippen LogP contribution in [0.4, 0.5) is 5.82 Å². The van der Waals surface area contributed by atoms with E-state index in [0.29, 0.717) is 12.4 Å². The Labute approximate surface area is 169 Å². The van der Waals surface area contributed by atoms with E-state index in [9.17, 15) is 9.90 Å². The average Bonchev–Trinajstić information content (AvgIpc) is 3.21. The molecule has 0 saturated heterocycles. The molecular formula is C19H20BrN5O3. The molecule has 1 aromatic carbocycles. The van der Waals surface area contributed by atoms with Crippen LogP contribution in [0.25, 0.3) is 5.65 Å². The van der Waals surface area contributed by atoms with Crippen molar-refractivity contribution in [1.82, 2.24) is 14.6 Å². The number of ether oxygens (including phenoxy) is 1. The number of fused-ring (bicyclic) bond motifs is 2. The molecule has 1 aliphatic rings. The average molecular weight is 446 g/mol. The number of aromatic nitrogens is 3. The maximum atomic E-state index is 11.3. The second-order valence-electron chi connectivity index (χ2n) is 7.23. The fourth-order valence-corrected chi connectivity index (χ4v) is 3.97. The molecule has 0 aliphatic carbocycles. The Hall–Kier alpha value is -2.65. The van der Waals surface area contributed by atoms with E-state index in [1.165, 1.54) is 10.7 Å². The minimum atomic E-state index is -1.06. The van der Waals surface area contributed by atoms with Gasteiger partial charge in [0.2, 0.25) is 0 Å². The number of benzene rings is 1. The van der Waals surface area contributed by atoms with E-state index in [1.807, 2.05) is 19.9 Å². The Morgan fingerprint density at radius 1 is 1.54 bits per heavy atom. The molecule has 2 unspecified atom stereocenters. The standard InChI is InChI=1S/C19H20BrN5O3/c1-10(13-6-12(20)5-11-7-19(2,9-21)28-16(11)13)23-15-3-4-25-17(24-15)14(8-22-25)18(26)27/h3-6,8,10H,7,9,21H2,1-2H3,(H,23,24)(H,26,27). The molecule has 9 heteroatoms. The highest BCUT2D eigenvalue weighted by molar-refractivity contribution is 9.10. The summed E-state index contributed by atoms with van der Waals surface area (Å²) in [6.07, 6.45) is 3.72. The number of halogens is 1. The van der Waals surface area contributed by atoms with Crippen LogP contribution in [0.15, 0.2) is 35.1 Å². The van der Waals surface area contributed by atoms with Gasteiger partial charge in [-0.2, -0.15) is 5.10 Å². The summed E-state index contributed by atoms with van der Waals surface area (Å²) in [5, 5.41) is 16.6. The van der Waals surface area contributed by atoms with E-state index in [-0.39, 0.29) is 17.3 Å². The Morgan fingerprint density at radius 3 is 3.04 bits per heavy atom. The minimum absolute atomic E-state index is 0.0571. The van der Waals surface area contributed by atoms with Gasteiger partial charge in [-0.05, 0) is 37.6 Å². The number of hydrogen-bond acceptors (Lipinski definition) is 6. The summed E-state index contributed by atoms with van der Waals surface area (Å²) in [7, 11) is 0. The van der Waals surface area contributed by atoms with Gasteiger partial charge in [0.15, 0.2) is 5.65 Å². The van der Waals surface area contributed by atoms with Crippen molar-refractivity contribution in [2.45, 2.75) is 31.9 Å². The predicted octanol–water partition coefficient (Wildman–Crippen LogP) is 3.02. The summed E-state index contributed by atoms with van der Waals surface area (Å²) in [4.78, 5) is 15.8. The van der Waals surface area contributed by atoms with Gasteiger partial charge in [0.05, 0.1) is 12.2 Å². The number of rotatable bonds is 5. The fraction of sp³-hybridized carbons (Fsp3) is 0.316. The van der Waals surface area contributed by atoms with Crippen molar-refractivity contribution in [1.29, 1.82) is 0 Å². The topological polar surface area (TPSA) is 115 Å². The van der Waals surface area contributed by atoms with Crippen molar-refractivity contribution in [2.75, 3.05) is 11.9 Å². The molecule has 0 saturated carbocycles. The van der Waals surface area contributed by atoms with Crippen LogP contribution >= 0.6 is 15.9 Å². The largest absolute Gasteiger partial charge is 0.485 e. The molecule has 4 N–H and O–H groups in total. The van der Waals surface area contributed by atoms with Crippen LogP contribution in [-0.2, 0) is 6.42 Å². The van der Waals surface area contributed by atoms with Gasteiger partial charge in [0.1, 0.15) is 22.7 Å². The molecule has 2 aromatic heterocycles. The first kappa shape index (κ1) is 18.7. The molecule has 3 aromatic rings. The van der Waals surface area contributed by atoms with Crippen LogP contribution in [0, 0.1) is 0 Å². The van der Waals surface area contributed by atoms with Gasteiger partial charge in [0.25, 0.3) is 0 Å². The number of nitrogens with zero attached hydrogens (tertiary/aromatic N) is 3. The van der Waals surface area contributed by atoms with E-state index >= 15 is 0 Å². The Balaban J connectivity index is 1.67. The third-order valence-corrected chi connectivity index (χ3v) is 5.39. The number of nitrogens with one attached hydrogen (secondary N) is 1. The molecule has 3 heterocycles. The summed E-state index contributed by atoms with van der Waals surface area (Å²) in [5.74, 6) is 0.330. The van der Waals surface area contributed by atoms with Gasteiger partial charge in [-0.25, -0.2) is 14.3 Å². The molecule has 0 spiro atoms. The molecule has 2 atom stereocenters. The highest BCUT2D eigenvalue weighted by Gasteiger charge is 2.36. The molecule has 1 aliphatic heterocycles.